The lowest BCUT2D eigenvalue weighted by Crippen LogP contribution is -2.44. The van der Waals surface area contributed by atoms with Crippen LogP contribution >= 0.6 is 0 Å². The van der Waals surface area contributed by atoms with Crippen molar-refractivity contribution in [3.8, 4) is 0 Å². The second-order valence-corrected chi connectivity index (χ2v) is 8.83. The molecule has 2 atom stereocenters. The molecule has 5 N–H and O–H groups in total. The van der Waals surface area contributed by atoms with E-state index in [2.05, 4.69) is 29.3 Å². The van der Waals surface area contributed by atoms with Gasteiger partial charge in [0.15, 0.2) is 11.6 Å². The fraction of sp³-hybridized carbons (Fsp3) is 0.682. The number of nitrogens with zero attached hydrogens (tertiary/aromatic N) is 3. The van der Waals surface area contributed by atoms with Crippen LogP contribution in [0, 0.1) is 17.8 Å². The SMILES string of the molecule is C=C(/C(F)=C(\N=C(/N)CC)NNC(=O)[C@H](CC1CCCC1)CN(O)C=O)N1CCC(C)C1. The zero-order valence-corrected chi connectivity index (χ0v) is 19.1. The first kappa shape index (κ1) is 25.6. The van der Waals surface area contributed by atoms with Gasteiger partial charge < -0.3 is 10.6 Å². The molecule has 1 aliphatic heterocycles. The van der Waals surface area contributed by atoms with E-state index in [9.17, 15) is 14.8 Å². The Labute approximate surface area is 189 Å². The van der Waals surface area contributed by atoms with Gasteiger partial charge in [-0.1, -0.05) is 46.1 Å². The van der Waals surface area contributed by atoms with Gasteiger partial charge in [0, 0.05) is 19.5 Å². The highest BCUT2D eigenvalue weighted by Gasteiger charge is 2.28. The molecule has 1 unspecified atom stereocenters. The summed E-state index contributed by atoms with van der Waals surface area (Å²) in [4.78, 5) is 29.6. The third kappa shape index (κ3) is 7.51. The molecule has 1 heterocycles. The van der Waals surface area contributed by atoms with Crippen molar-refractivity contribution in [3.63, 3.8) is 0 Å². The molecule has 1 saturated carbocycles. The van der Waals surface area contributed by atoms with Crippen molar-refractivity contribution in [2.75, 3.05) is 19.6 Å². The summed E-state index contributed by atoms with van der Waals surface area (Å²) in [7, 11) is 0. The number of nitrogens with one attached hydrogen (secondary N) is 2. The fourth-order valence-corrected chi connectivity index (χ4v) is 4.21. The number of halogens is 1. The van der Waals surface area contributed by atoms with Gasteiger partial charge in [0.1, 0.15) is 5.84 Å². The number of hydrogen-bond acceptors (Lipinski definition) is 6. The number of carbonyl (C=O) groups excluding carboxylic acids is 2. The summed E-state index contributed by atoms with van der Waals surface area (Å²) < 4.78 is 15.2. The average Bonchev–Trinajstić information content (AvgIpc) is 3.46. The number of nitrogens with two attached hydrogens (primary N) is 1. The Morgan fingerprint density at radius 1 is 1.38 bits per heavy atom. The molecular formula is C22H37FN6O3. The van der Waals surface area contributed by atoms with E-state index in [-0.39, 0.29) is 30.3 Å². The molecule has 9 nitrogen and oxygen atoms in total. The van der Waals surface area contributed by atoms with Gasteiger partial charge in [-0.05, 0) is 24.7 Å². The van der Waals surface area contributed by atoms with Crippen LogP contribution in [0.3, 0.4) is 0 Å². The van der Waals surface area contributed by atoms with Gasteiger partial charge in [0.2, 0.25) is 12.3 Å². The molecule has 2 fully saturated rings. The maximum Gasteiger partial charge on any atom is 0.243 e. The first-order valence-electron chi connectivity index (χ1n) is 11.4. The van der Waals surface area contributed by atoms with Gasteiger partial charge in [-0.3, -0.25) is 25.6 Å². The molecule has 1 saturated heterocycles. The van der Waals surface area contributed by atoms with Crippen LogP contribution in [0.4, 0.5) is 4.39 Å². The molecule has 180 valence electrons. The van der Waals surface area contributed by atoms with Gasteiger partial charge in [-0.25, -0.2) is 14.4 Å². The molecule has 0 aromatic rings. The highest BCUT2D eigenvalue weighted by atomic mass is 19.1. The van der Waals surface area contributed by atoms with E-state index in [0.717, 1.165) is 32.1 Å². The lowest BCUT2D eigenvalue weighted by atomic mass is 9.92. The van der Waals surface area contributed by atoms with Gasteiger partial charge in [0.25, 0.3) is 0 Å². The lowest BCUT2D eigenvalue weighted by Gasteiger charge is -2.24. The van der Waals surface area contributed by atoms with E-state index < -0.39 is 17.7 Å². The Bertz CT molecular complexity index is 735. The minimum Gasteiger partial charge on any atom is -0.387 e. The average molecular weight is 453 g/mol. The zero-order chi connectivity index (χ0) is 23.7. The van der Waals surface area contributed by atoms with Crippen LogP contribution in [0.1, 0.15) is 58.8 Å². The minimum atomic E-state index is -0.695. The second-order valence-electron chi connectivity index (χ2n) is 8.83. The van der Waals surface area contributed by atoms with E-state index in [1.54, 1.807) is 6.92 Å². The van der Waals surface area contributed by atoms with E-state index >= 15 is 4.39 Å². The topological polar surface area (TPSA) is 123 Å². The number of hydrazine groups is 1. The van der Waals surface area contributed by atoms with E-state index in [1.807, 2.05) is 4.90 Å². The van der Waals surface area contributed by atoms with Crippen LogP contribution in [-0.2, 0) is 9.59 Å². The number of amides is 2. The van der Waals surface area contributed by atoms with Crippen LogP contribution in [0.5, 0.6) is 0 Å². The summed E-state index contributed by atoms with van der Waals surface area (Å²) in [5, 5.41) is 10.1. The first-order chi connectivity index (χ1) is 15.2. The van der Waals surface area contributed by atoms with Crippen molar-refractivity contribution >= 4 is 18.2 Å². The van der Waals surface area contributed by atoms with Gasteiger partial charge in [0.05, 0.1) is 18.2 Å². The molecule has 0 radical (unpaired) electrons. The maximum absolute atomic E-state index is 15.2. The number of rotatable bonds is 12. The molecule has 10 heteroatoms. The summed E-state index contributed by atoms with van der Waals surface area (Å²) in [5.74, 6) is -1.05. The molecule has 2 amide bonds. The molecule has 32 heavy (non-hydrogen) atoms. The summed E-state index contributed by atoms with van der Waals surface area (Å²) in [6, 6.07) is 0. The number of allylic oxidation sites excluding steroid dienone is 1. The molecular weight excluding hydrogens is 415 g/mol. The van der Waals surface area contributed by atoms with Crippen molar-refractivity contribution in [2.24, 2.45) is 28.5 Å². The highest BCUT2D eigenvalue weighted by Crippen LogP contribution is 2.30. The second kappa shape index (κ2) is 12.4. The van der Waals surface area contributed by atoms with E-state index in [1.165, 1.54) is 0 Å². The summed E-state index contributed by atoms with van der Waals surface area (Å²) in [5.41, 5.74) is 11.1. The Balaban J connectivity index is 2.13. The molecule has 1 aliphatic carbocycles. The maximum atomic E-state index is 15.2. The van der Waals surface area contributed by atoms with Crippen molar-refractivity contribution < 1.29 is 19.2 Å². The van der Waals surface area contributed by atoms with Crippen molar-refractivity contribution in [1.29, 1.82) is 0 Å². The molecule has 2 rings (SSSR count). The van der Waals surface area contributed by atoms with Crippen LogP contribution in [0.2, 0.25) is 0 Å². The smallest absolute Gasteiger partial charge is 0.243 e. The number of hydrogen-bond donors (Lipinski definition) is 4. The number of likely N-dealkylation sites (tertiary alicyclic amines) is 1. The van der Waals surface area contributed by atoms with Crippen LogP contribution in [0.25, 0.3) is 0 Å². The summed E-state index contributed by atoms with van der Waals surface area (Å²) >= 11 is 0. The van der Waals surface area contributed by atoms with E-state index in [0.29, 0.717) is 42.8 Å². The Morgan fingerprint density at radius 3 is 2.62 bits per heavy atom. The van der Waals surface area contributed by atoms with Gasteiger partial charge in [-0.15, -0.1) is 0 Å². The van der Waals surface area contributed by atoms with Crippen LogP contribution in [0.15, 0.2) is 28.9 Å². The van der Waals surface area contributed by atoms with Crippen LogP contribution in [-0.4, -0.2) is 53.0 Å². The predicted octanol–water partition coefficient (Wildman–Crippen LogP) is 2.41. The molecule has 0 spiro atoms. The zero-order valence-electron chi connectivity index (χ0n) is 19.1. The number of aliphatic imine (C=N–C) groups is 1. The van der Waals surface area contributed by atoms with Gasteiger partial charge >= 0.3 is 0 Å². The van der Waals surface area contributed by atoms with Crippen molar-refractivity contribution in [3.05, 3.63) is 23.9 Å². The molecule has 0 bridgehead atoms. The van der Waals surface area contributed by atoms with Crippen LogP contribution < -0.4 is 16.6 Å². The Kier molecular flexibility index (Phi) is 9.96. The highest BCUT2D eigenvalue weighted by molar-refractivity contribution is 5.81. The lowest BCUT2D eigenvalue weighted by molar-refractivity contribution is -0.155. The first-order valence-corrected chi connectivity index (χ1v) is 11.4. The number of hydroxylamine groups is 2. The minimum absolute atomic E-state index is 0.145. The van der Waals surface area contributed by atoms with Gasteiger partial charge in [-0.2, -0.15) is 0 Å². The van der Waals surface area contributed by atoms with Crippen molar-refractivity contribution in [2.45, 2.75) is 58.8 Å². The molecule has 0 aromatic carbocycles. The van der Waals surface area contributed by atoms with E-state index in [4.69, 9.17) is 5.73 Å². The summed E-state index contributed by atoms with van der Waals surface area (Å²) in [6.45, 7) is 8.99. The van der Waals surface area contributed by atoms with Crippen molar-refractivity contribution in [1.82, 2.24) is 20.8 Å². The standard InChI is InChI=1S/C22H37FN6O3/c1-4-19(24)25-21(20(23)16(3)28-10-9-15(2)12-28)26-27-22(31)18(13-29(32)14-30)11-17-7-5-6-8-17/h14-15,17-18,26,32H,3-13H2,1-2H3,(H2,24,25)(H,27,31)/b21-20-/t15?,18-/m1/s1. The Morgan fingerprint density at radius 2 is 2.06 bits per heavy atom. The third-order valence-electron chi connectivity index (χ3n) is 6.18. The quantitative estimate of drug-likeness (QED) is 0.0900. The number of amidine groups is 1. The largest absolute Gasteiger partial charge is 0.387 e. The number of carbonyl (C=O) groups is 2. The third-order valence-corrected chi connectivity index (χ3v) is 6.18. The summed E-state index contributed by atoms with van der Waals surface area (Å²) in [6.07, 6.45) is 6.37. The molecule has 0 aromatic heterocycles. The predicted molar refractivity (Wildman–Crippen MR) is 120 cm³/mol. The molecule has 2 aliphatic rings. The normalized spacial score (nSPS) is 21.2. The fourth-order valence-electron chi connectivity index (χ4n) is 4.21. The monoisotopic (exact) mass is 452 g/mol. The Hall–Kier alpha value is -2.62.